The van der Waals surface area contributed by atoms with Crippen LogP contribution in [0.3, 0.4) is 0 Å². The zero-order chi connectivity index (χ0) is 12.9. The second kappa shape index (κ2) is 5.82. The van der Waals surface area contributed by atoms with Crippen LogP contribution >= 0.6 is 0 Å². The van der Waals surface area contributed by atoms with Crippen molar-refractivity contribution in [2.75, 3.05) is 0 Å². The van der Waals surface area contributed by atoms with Crippen molar-refractivity contribution in [1.29, 1.82) is 0 Å². The Balaban J connectivity index is 2.82. The van der Waals surface area contributed by atoms with E-state index in [-0.39, 0.29) is 6.10 Å². The summed E-state index contributed by atoms with van der Waals surface area (Å²) in [6.45, 7) is 5.51. The minimum atomic E-state index is -1.16. The van der Waals surface area contributed by atoms with Gasteiger partial charge >= 0.3 is 5.97 Å². The minimum absolute atomic E-state index is 0.0557. The lowest BCUT2D eigenvalue weighted by Crippen LogP contribution is -2.43. The third-order valence-corrected chi connectivity index (χ3v) is 2.87. The summed E-state index contributed by atoms with van der Waals surface area (Å²) in [4.78, 5) is 11.4. The Morgan fingerprint density at radius 1 is 1.41 bits per heavy atom. The molecule has 0 spiro atoms. The van der Waals surface area contributed by atoms with E-state index in [4.69, 9.17) is 4.74 Å². The fourth-order valence-electron chi connectivity index (χ4n) is 1.68. The van der Waals surface area contributed by atoms with Crippen molar-refractivity contribution in [3.63, 3.8) is 0 Å². The summed E-state index contributed by atoms with van der Waals surface area (Å²) >= 11 is 0. The van der Waals surface area contributed by atoms with Gasteiger partial charge in [0.05, 0.1) is 6.10 Å². The number of carboxylic acid groups (broad SMARTS) is 1. The molecule has 3 heteroatoms. The lowest BCUT2D eigenvalue weighted by atomic mass is 9.96. The van der Waals surface area contributed by atoms with Crippen LogP contribution < -0.4 is 0 Å². The lowest BCUT2D eigenvalue weighted by molar-refractivity contribution is -0.170. The van der Waals surface area contributed by atoms with Gasteiger partial charge in [-0.25, -0.2) is 4.79 Å². The van der Waals surface area contributed by atoms with Gasteiger partial charge < -0.3 is 9.84 Å². The molecule has 1 N–H and O–H groups in total. The van der Waals surface area contributed by atoms with Crippen molar-refractivity contribution in [2.24, 2.45) is 0 Å². The van der Waals surface area contributed by atoms with Crippen LogP contribution in [0, 0.1) is 0 Å². The van der Waals surface area contributed by atoms with E-state index in [1.54, 1.807) is 6.92 Å². The number of rotatable bonds is 6. The molecule has 0 heterocycles. The van der Waals surface area contributed by atoms with Gasteiger partial charge in [-0.1, -0.05) is 37.3 Å². The van der Waals surface area contributed by atoms with Gasteiger partial charge in [-0.2, -0.15) is 0 Å². The van der Waals surface area contributed by atoms with Gasteiger partial charge in [0.1, 0.15) is 0 Å². The minimum Gasteiger partial charge on any atom is -0.479 e. The van der Waals surface area contributed by atoms with Crippen molar-refractivity contribution in [3.05, 3.63) is 35.9 Å². The third-order valence-electron chi connectivity index (χ3n) is 2.87. The molecule has 0 aliphatic carbocycles. The highest BCUT2D eigenvalue weighted by atomic mass is 16.5. The molecule has 3 nitrogen and oxygen atoms in total. The molecule has 0 saturated carbocycles. The van der Waals surface area contributed by atoms with Gasteiger partial charge in [-0.05, 0) is 25.8 Å². The summed E-state index contributed by atoms with van der Waals surface area (Å²) in [5, 5.41) is 9.31. The Kier molecular flexibility index (Phi) is 4.70. The Morgan fingerprint density at radius 2 is 2.00 bits per heavy atom. The Bertz CT molecular complexity index is 361. The normalized spacial score (nSPS) is 16.2. The number of carboxylic acids is 1. The van der Waals surface area contributed by atoms with Crippen molar-refractivity contribution >= 4 is 5.97 Å². The Labute approximate surface area is 102 Å². The predicted octanol–water partition coefficient (Wildman–Crippen LogP) is 2.89. The topological polar surface area (TPSA) is 46.5 Å². The molecule has 0 aliphatic heterocycles. The number of hydrogen-bond donors (Lipinski definition) is 1. The average Bonchev–Trinajstić information content (AvgIpc) is 2.29. The van der Waals surface area contributed by atoms with Crippen molar-refractivity contribution in [1.82, 2.24) is 0 Å². The number of ether oxygens (including phenoxy) is 1. The summed E-state index contributed by atoms with van der Waals surface area (Å²) < 4.78 is 5.65. The van der Waals surface area contributed by atoms with Crippen molar-refractivity contribution in [2.45, 2.75) is 45.3 Å². The molecule has 0 bridgehead atoms. The molecule has 0 fully saturated rings. The maximum absolute atomic E-state index is 11.4. The SMILES string of the molecule is CCC(C)OC(C)(Cc1ccccc1)C(=O)O. The highest BCUT2D eigenvalue weighted by Gasteiger charge is 2.35. The van der Waals surface area contributed by atoms with Crippen LogP contribution in [-0.2, 0) is 16.0 Å². The maximum atomic E-state index is 11.4. The molecular formula is C14H20O3. The number of carbonyl (C=O) groups is 1. The Hall–Kier alpha value is -1.35. The summed E-state index contributed by atoms with van der Waals surface area (Å²) in [6.07, 6.45) is 1.13. The van der Waals surface area contributed by atoms with E-state index in [0.29, 0.717) is 6.42 Å². The molecule has 0 amide bonds. The van der Waals surface area contributed by atoms with Crippen LogP contribution in [0.2, 0.25) is 0 Å². The fourth-order valence-corrected chi connectivity index (χ4v) is 1.68. The second-order valence-electron chi connectivity index (χ2n) is 4.54. The molecule has 2 unspecified atom stereocenters. The first-order valence-electron chi connectivity index (χ1n) is 5.93. The molecule has 17 heavy (non-hydrogen) atoms. The monoisotopic (exact) mass is 236 g/mol. The second-order valence-corrected chi connectivity index (χ2v) is 4.54. The lowest BCUT2D eigenvalue weighted by Gasteiger charge is -2.28. The van der Waals surface area contributed by atoms with Crippen LogP contribution in [0.5, 0.6) is 0 Å². The molecular weight excluding hydrogens is 216 g/mol. The van der Waals surface area contributed by atoms with Gasteiger partial charge in [0, 0.05) is 6.42 Å². The van der Waals surface area contributed by atoms with E-state index < -0.39 is 11.6 Å². The van der Waals surface area contributed by atoms with Gasteiger partial charge in [-0.3, -0.25) is 0 Å². The van der Waals surface area contributed by atoms with Gasteiger partial charge in [0.2, 0.25) is 0 Å². The summed E-state index contributed by atoms with van der Waals surface area (Å²) in [5.41, 5.74) is -0.183. The summed E-state index contributed by atoms with van der Waals surface area (Å²) in [5.74, 6) is -0.915. The first kappa shape index (κ1) is 13.7. The molecule has 1 rings (SSSR count). The standard InChI is InChI=1S/C14H20O3/c1-4-11(2)17-14(3,13(15)16)10-12-8-6-5-7-9-12/h5-9,11H,4,10H2,1-3H3,(H,15,16). The van der Waals surface area contributed by atoms with E-state index in [1.165, 1.54) is 0 Å². The maximum Gasteiger partial charge on any atom is 0.336 e. The van der Waals surface area contributed by atoms with E-state index in [0.717, 1.165) is 12.0 Å². The first-order valence-corrected chi connectivity index (χ1v) is 5.93. The number of benzene rings is 1. The van der Waals surface area contributed by atoms with Gasteiger partial charge in [-0.15, -0.1) is 0 Å². The van der Waals surface area contributed by atoms with Crippen molar-refractivity contribution in [3.8, 4) is 0 Å². The molecule has 1 aromatic rings. The zero-order valence-electron chi connectivity index (χ0n) is 10.6. The van der Waals surface area contributed by atoms with Crippen LogP contribution in [0.15, 0.2) is 30.3 Å². The fraction of sp³-hybridized carbons (Fsp3) is 0.500. The third kappa shape index (κ3) is 3.86. The molecule has 94 valence electrons. The molecule has 2 atom stereocenters. The van der Waals surface area contributed by atoms with Gasteiger partial charge in [0.25, 0.3) is 0 Å². The van der Waals surface area contributed by atoms with E-state index in [2.05, 4.69) is 0 Å². The predicted molar refractivity (Wildman–Crippen MR) is 67.0 cm³/mol. The number of hydrogen-bond acceptors (Lipinski definition) is 2. The average molecular weight is 236 g/mol. The van der Waals surface area contributed by atoms with Crippen LogP contribution in [0.1, 0.15) is 32.8 Å². The van der Waals surface area contributed by atoms with E-state index in [9.17, 15) is 9.90 Å². The highest BCUT2D eigenvalue weighted by Crippen LogP contribution is 2.21. The summed E-state index contributed by atoms with van der Waals surface area (Å²) in [7, 11) is 0. The smallest absolute Gasteiger partial charge is 0.336 e. The van der Waals surface area contributed by atoms with Crippen molar-refractivity contribution < 1.29 is 14.6 Å². The molecule has 0 aliphatic rings. The largest absolute Gasteiger partial charge is 0.479 e. The molecule has 0 aromatic heterocycles. The van der Waals surface area contributed by atoms with Crippen LogP contribution in [0.4, 0.5) is 0 Å². The Morgan fingerprint density at radius 3 is 2.47 bits per heavy atom. The van der Waals surface area contributed by atoms with E-state index in [1.807, 2.05) is 44.2 Å². The van der Waals surface area contributed by atoms with E-state index >= 15 is 0 Å². The van der Waals surface area contributed by atoms with Crippen LogP contribution in [0.25, 0.3) is 0 Å². The highest BCUT2D eigenvalue weighted by molar-refractivity contribution is 5.77. The molecule has 0 radical (unpaired) electrons. The molecule has 0 saturated heterocycles. The first-order chi connectivity index (χ1) is 7.98. The summed E-state index contributed by atoms with van der Waals surface area (Å²) in [6, 6.07) is 9.56. The quantitative estimate of drug-likeness (QED) is 0.826. The van der Waals surface area contributed by atoms with Crippen LogP contribution in [-0.4, -0.2) is 22.8 Å². The zero-order valence-corrected chi connectivity index (χ0v) is 10.6. The number of aliphatic carboxylic acids is 1. The van der Waals surface area contributed by atoms with Gasteiger partial charge in [0.15, 0.2) is 5.60 Å². The molecule has 1 aromatic carbocycles.